The molecule has 0 spiro atoms. The zero-order valence-electron chi connectivity index (χ0n) is 18.3. The van der Waals surface area contributed by atoms with E-state index in [1.54, 1.807) is 12.1 Å². The molecule has 3 aromatic rings. The van der Waals surface area contributed by atoms with E-state index < -0.39 is 0 Å². The molecule has 1 aromatic heterocycles. The zero-order valence-corrected chi connectivity index (χ0v) is 20.6. The Labute approximate surface area is 209 Å². The average Bonchev–Trinajstić information content (AvgIpc) is 3.50. The summed E-state index contributed by atoms with van der Waals surface area (Å²) in [5.41, 5.74) is 2.91. The highest BCUT2D eigenvalue weighted by atomic mass is 127. The monoisotopic (exact) mass is 562 g/mol. The number of nitrogens with one attached hydrogen (secondary N) is 3. The molecule has 0 saturated heterocycles. The molecule has 2 heterocycles. The Kier molecular flexibility index (Phi) is 8.99. The molecule has 0 aliphatic carbocycles. The molecular formula is C24H27IN4O4. The summed E-state index contributed by atoms with van der Waals surface area (Å²) in [7, 11) is 0. The Morgan fingerprint density at radius 2 is 1.79 bits per heavy atom. The second-order valence-corrected chi connectivity index (χ2v) is 7.19. The Hall–Kier alpha value is -3.21. The first-order chi connectivity index (χ1) is 15.7. The van der Waals surface area contributed by atoms with Crippen LogP contribution in [0, 0.1) is 0 Å². The maximum absolute atomic E-state index is 12.0. The van der Waals surface area contributed by atoms with Crippen LogP contribution in [0.15, 0.2) is 70.3 Å². The highest BCUT2D eigenvalue weighted by molar-refractivity contribution is 14.0. The highest BCUT2D eigenvalue weighted by Gasteiger charge is 2.13. The number of guanidine groups is 1. The summed E-state index contributed by atoms with van der Waals surface area (Å²) in [5, 5.41) is 9.43. The largest absolute Gasteiger partial charge is 0.459 e. The van der Waals surface area contributed by atoms with Crippen molar-refractivity contribution in [2.75, 3.05) is 25.2 Å². The molecular weight excluding hydrogens is 535 g/mol. The topological polar surface area (TPSA) is 97.1 Å². The van der Waals surface area contributed by atoms with E-state index in [9.17, 15) is 4.79 Å². The molecule has 4 rings (SSSR count). The van der Waals surface area contributed by atoms with Crippen molar-refractivity contribution in [3.63, 3.8) is 0 Å². The van der Waals surface area contributed by atoms with E-state index in [4.69, 9.17) is 13.9 Å². The van der Waals surface area contributed by atoms with E-state index in [1.165, 1.54) is 11.8 Å². The molecule has 0 radical (unpaired) electrons. The molecule has 1 amide bonds. The SMILES string of the molecule is CCNC(=NCc1ccc(NC(=O)c2ccco2)cc1)NCCc1ccc2c(c1)OCO2.I. The first kappa shape index (κ1) is 24.4. The van der Waals surface area contributed by atoms with Gasteiger partial charge in [0.2, 0.25) is 6.79 Å². The number of aliphatic imine (C=N–C) groups is 1. The van der Waals surface area contributed by atoms with Crippen LogP contribution in [0.2, 0.25) is 0 Å². The number of hydrogen-bond acceptors (Lipinski definition) is 5. The van der Waals surface area contributed by atoms with Gasteiger partial charge >= 0.3 is 0 Å². The standard InChI is InChI=1S/C24H26N4O4.HI/c1-2-25-24(26-12-11-17-7-10-20-22(14-17)32-16-31-20)27-15-18-5-8-19(9-6-18)28-23(29)21-4-3-13-30-21;/h3-10,13-14H,2,11-12,15-16H2,1H3,(H,28,29)(H2,25,26,27);1H. The number of anilines is 1. The van der Waals surface area contributed by atoms with Gasteiger partial charge in [0.05, 0.1) is 12.8 Å². The fraction of sp³-hybridized carbons (Fsp3) is 0.250. The molecule has 1 aliphatic rings. The molecule has 1 aliphatic heterocycles. The first-order valence-corrected chi connectivity index (χ1v) is 10.6. The quantitative estimate of drug-likeness (QED) is 0.217. The lowest BCUT2D eigenvalue weighted by atomic mass is 10.1. The van der Waals surface area contributed by atoms with Crippen molar-refractivity contribution in [2.45, 2.75) is 19.9 Å². The normalized spacial score (nSPS) is 12.1. The molecule has 0 unspecified atom stereocenters. The van der Waals surface area contributed by atoms with Gasteiger partial charge in [-0.15, -0.1) is 24.0 Å². The molecule has 0 saturated carbocycles. The minimum absolute atomic E-state index is 0. The van der Waals surface area contributed by atoms with Crippen molar-refractivity contribution < 1.29 is 18.7 Å². The van der Waals surface area contributed by atoms with Crippen LogP contribution < -0.4 is 25.4 Å². The van der Waals surface area contributed by atoms with Gasteiger partial charge < -0.3 is 29.8 Å². The van der Waals surface area contributed by atoms with Crippen molar-refractivity contribution in [2.24, 2.45) is 4.99 Å². The summed E-state index contributed by atoms with van der Waals surface area (Å²) < 4.78 is 15.9. The zero-order chi connectivity index (χ0) is 22.2. The van der Waals surface area contributed by atoms with Crippen LogP contribution in [0.25, 0.3) is 0 Å². The lowest BCUT2D eigenvalue weighted by Crippen LogP contribution is -2.38. The number of carbonyl (C=O) groups is 1. The number of amides is 1. The fourth-order valence-electron chi connectivity index (χ4n) is 3.23. The number of ether oxygens (including phenoxy) is 2. The van der Waals surface area contributed by atoms with Crippen LogP contribution in [0.4, 0.5) is 5.69 Å². The number of carbonyl (C=O) groups excluding carboxylic acids is 1. The van der Waals surface area contributed by atoms with E-state index in [2.05, 4.69) is 20.9 Å². The Morgan fingerprint density at radius 1 is 1.00 bits per heavy atom. The summed E-state index contributed by atoms with van der Waals surface area (Å²) >= 11 is 0. The van der Waals surface area contributed by atoms with E-state index in [0.717, 1.165) is 42.5 Å². The van der Waals surface area contributed by atoms with Crippen molar-refractivity contribution in [3.05, 3.63) is 77.7 Å². The van der Waals surface area contributed by atoms with Crippen molar-refractivity contribution in [1.29, 1.82) is 0 Å². The molecule has 0 fully saturated rings. The molecule has 9 heteroatoms. The third-order valence-corrected chi connectivity index (χ3v) is 4.86. The average molecular weight is 562 g/mol. The Morgan fingerprint density at radius 3 is 2.55 bits per heavy atom. The fourth-order valence-corrected chi connectivity index (χ4v) is 3.23. The van der Waals surface area contributed by atoms with Gasteiger partial charge in [0.25, 0.3) is 5.91 Å². The summed E-state index contributed by atoms with van der Waals surface area (Å²) in [6.45, 7) is 4.35. The van der Waals surface area contributed by atoms with E-state index in [1.807, 2.05) is 49.4 Å². The van der Waals surface area contributed by atoms with Crippen LogP contribution in [0.3, 0.4) is 0 Å². The Balaban J connectivity index is 0.00000306. The third kappa shape index (κ3) is 6.88. The molecule has 8 nitrogen and oxygen atoms in total. The molecule has 0 atom stereocenters. The van der Waals surface area contributed by atoms with Gasteiger partial charge in [-0.2, -0.15) is 0 Å². The maximum atomic E-state index is 12.0. The second kappa shape index (κ2) is 12.1. The number of nitrogens with zero attached hydrogens (tertiary/aromatic N) is 1. The number of halogens is 1. The Bertz CT molecular complexity index is 1070. The van der Waals surface area contributed by atoms with Gasteiger partial charge in [0, 0.05) is 18.8 Å². The van der Waals surface area contributed by atoms with Crippen molar-refractivity contribution in [3.8, 4) is 11.5 Å². The summed E-state index contributed by atoms with van der Waals surface area (Å²) in [5.74, 6) is 2.35. The van der Waals surface area contributed by atoms with Crippen LogP contribution in [-0.4, -0.2) is 31.7 Å². The number of hydrogen-bond donors (Lipinski definition) is 3. The predicted molar refractivity (Wildman–Crippen MR) is 138 cm³/mol. The number of furan rings is 1. The summed E-state index contributed by atoms with van der Waals surface area (Å²) in [6, 6.07) is 16.9. The summed E-state index contributed by atoms with van der Waals surface area (Å²) in [4.78, 5) is 16.7. The van der Waals surface area contributed by atoms with Crippen LogP contribution >= 0.6 is 24.0 Å². The lowest BCUT2D eigenvalue weighted by Gasteiger charge is -2.12. The number of fused-ring (bicyclic) bond motifs is 1. The van der Waals surface area contributed by atoms with E-state index >= 15 is 0 Å². The molecule has 2 aromatic carbocycles. The minimum atomic E-state index is -0.276. The molecule has 3 N–H and O–H groups in total. The van der Waals surface area contributed by atoms with Crippen molar-refractivity contribution in [1.82, 2.24) is 10.6 Å². The van der Waals surface area contributed by atoms with Crippen LogP contribution in [-0.2, 0) is 13.0 Å². The second-order valence-electron chi connectivity index (χ2n) is 7.19. The molecule has 174 valence electrons. The smallest absolute Gasteiger partial charge is 0.291 e. The summed E-state index contributed by atoms with van der Waals surface area (Å²) in [6.07, 6.45) is 2.31. The predicted octanol–water partition coefficient (Wildman–Crippen LogP) is 4.18. The third-order valence-electron chi connectivity index (χ3n) is 4.86. The van der Waals surface area contributed by atoms with Gasteiger partial charge in [-0.05, 0) is 60.9 Å². The molecule has 0 bridgehead atoms. The minimum Gasteiger partial charge on any atom is -0.459 e. The lowest BCUT2D eigenvalue weighted by molar-refractivity contribution is 0.0996. The van der Waals surface area contributed by atoms with Gasteiger partial charge in [-0.3, -0.25) is 4.79 Å². The first-order valence-electron chi connectivity index (χ1n) is 10.6. The van der Waals surface area contributed by atoms with Gasteiger partial charge in [-0.1, -0.05) is 18.2 Å². The van der Waals surface area contributed by atoms with Gasteiger partial charge in [0.1, 0.15) is 0 Å². The van der Waals surface area contributed by atoms with E-state index in [0.29, 0.717) is 12.2 Å². The van der Waals surface area contributed by atoms with E-state index in [-0.39, 0.29) is 42.4 Å². The highest BCUT2D eigenvalue weighted by Crippen LogP contribution is 2.32. The van der Waals surface area contributed by atoms with Crippen molar-refractivity contribution >= 4 is 41.5 Å². The van der Waals surface area contributed by atoms with Crippen LogP contribution in [0.5, 0.6) is 11.5 Å². The van der Waals surface area contributed by atoms with Gasteiger partial charge in [-0.25, -0.2) is 4.99 Å². The van der Waals surface area contributed by atoms with Crippen LogP contribution in [0.1, 0.15) is 28.6 Å². The molecule has 33 heavy (non-hydrogen) atoms. The maximum Gasteiger partial charge on any atom is 0.291 e. The van der Waals surface area contributed by atoms with Gasteiger partial charge in [0.15, 0.2) is 23.2 Å². The number of rotatable bonds is 8. The number of benzene rings is 2.